The minimum atomic E-state index is 0.278. The molecule has 5 heteroatoms. The number of hydrogen-bond donors (Lipinski definition) is 1. The van der Waals surface area contributed by atoms with Crippen LogP contribution in [0, 0.1) is 5.92 Å². The molecule has 0 radical (unpaired) electrons. The van der Waals surface area contributed by atoms with Crippen molar-refractivity contribution >= 4 is 21.6 Å². The van der Waals surface area contributed by atoms with E-state index in [0.29, 0.717) is 5.92 Å². The van der Waals surface area contributed by atoms with Gasteiger partial charge in [0.1, 0.15) is 5.75 Å². The number of fused-ring (bicyclic) bond motifs is 1. The average Bonchev–Trinajstić information content (AvgIpc) is 2.81. The van der Waals surface area contributed by atoms with Crippen molar-refractivity contribution in [1.29, 1.82) is 0 Å². The maximum absolute atomic E-state index is 5.28. The number of halogens is 1. The van der Waals surface area contributed by atoms with E-state index in [1.54, 1.807) is 7.11 Å². The first-order valence-electron chi connectivity index (χ1n) is 6.53. The number of benzene rings is 1. The lowest BCUT2D eigenvalue weighted by molar-refractivity contribution is 0.272. The highest BCUT2D eigenvalue weighted by Crippen LogP contribution is 2.35. The van der Waals surface area contributed by atoms with Crippen molar-refractivity contribution in [2.75, 3.05) is 27.2 Å². The zero-order chi connectivity index (χ0) is 13.4. The van der Waals surface area contributed by atoms with Crippen molar-refractivity contribution in [2.45, 2.75) is 12.5 Å². The number of rotatable bonds is 2. The van der Waals surface area contributed by atoms with Crippen LogP contribution in [-0.2, 0) is 0 Å². The highest BCUT2D eigenvalue weighted by Gasteiger charge is 2.36. The fraction of sp³-hybridized carbons (Fsp3) is 0.500. The van der Waals surface area contributed by atoms with E-state index in [1.807, 2.05) is 6.07 Å². The lowest BCUT2D eigenvalue weighted by atomic mass is 9.86. The van der Waals surface area contributed by atoms with Gasteiger partial charge < -0.3 is 15.1 Å². The number of likely N-dealkylation sites (tertiary alicyclic amines) is 1. The van der Waals surface area contributed by atoms with Gasteiger partial charge >= 0.3 is 0 Å². The molecule has 1 aromatic rings. The van der Waals surface area contributed by atoms with Gasteiger partial charge in [-0.15, -0.1) is 0 Å². The van der Waals surface area contributed by atoms with Crippen LogP contribution in [0.1, 0.15) is 18.0 Å². The second kappa shape index (κ2) is 5.13. The van der Waals surface area contributed by atoms with E-state index >= 15 is 0 Å². The predicted octanol–water partition coefficient (Wildman–Crippen LogP) is 2.41. The van der Waals surface area contributed by atoms with Crippen LogP contribution in [0.4, 0.5) is 0 Å². The van der Waals surface area contributed by atoms with Gasteiger partial charge in [0, 0.05) is 31.1 Å². The normalized spacial score (nSPS) is 26.6. The lowest BCUT2D eigenvalue weighted by Crippen LogP contribution is -2.39. The molecule has 0 bridgehead atoms. The monoisotopic (exact) mass is 323 g/mol. The number of hydrogen-bond acceptors (Lipinski definition) is 4. The Kier molecular flexibility index (Phi) is 3.50. The van der Waals surface area contributed by atoms with E-state index in [1.165, 1.54) is 11.3 Å². The zero-order valence-electron chi connectivity index (χ0n) is 11.2. The first-order valence-corrected chi connectivity index (χ1v) is 7.32. The number of nitrogens with zero attached hydrogens (tertiary/aromatic N) is 2. The molecule has 0 aromatic heterocycles. The molecule has 0 saturated carbocycles. The van der Waals surface area contributed by atoms with Gasteiger partial charge in [-0.1, -0.05) is 6.07 Å². The first-order chi connectivity index (χ1) is 9.19. The van der Waals surface area contributed by atoms with Crippen LogP contribution >= 0.6 is 15.9 Å². The molecular formula is C14H18BrN3O. The van der Waals surface area contributed by atoms with Crippen LogP contribution in [-0.4, -0.2) is 37.9 Å². The van der Waals surface area contributed by atoms with Gasteiger partial charge in [0.2, 0.25) is 0 Å². The fourth-order valence-corrected chi connectivity index (χ4v) is 3.44. The second-order valence-electron chi connectivity index (χ2n) is 5.22. The summed E-state index contributed by atoms with van der Waals surface area (Å²) >= 11 is 3.55. The first kappa shape index (κ1) is 12.9. The Labute approximate surface area is 121 Å². The van der Waals surface area contributed by atoms with Crippen LogP contribution < -0.4 is 10.2 Å². The summed E-state index contributed by atoms with van der Waals surface area (Å²) in [7, 11) is 3.86. The van der Waals surface area contributed by atoms with Gasteiger partial charge in [-0.2, -0.15) is 5.10 Å². The van der Waals surface area contributed by atoms with E-state index in [9.17, 15) is 0 Å². The minimum absolute atomic E-state index is 0.278. The van der Waals surface area contributed by atoms with Crippen LogP contribution in [0.2, 0.25) is 0 Å². The maximum atomic E-state index is 5.28. The molecule has 1 N–H and O–H groups in total. The molecule has 2 unspecified atom stereocenters. The SMILES string of the molecule is COc1ccc(C2NN=C3CCN(C)CC32)cc1Br. The van der Waals surface area contributed by atoms with E-state index in [4.69, 9.17) is 4.74 Å². The molecule has 0 aliphatic carbocycles. The summed E-state index contributed by atoms with van der Waals surface area (Å²) in [5.41, 5.74) is 5.87. The molecule has 2 aliphatic heterocycles. The largest absolute Gasteiger partial charge is 0.496 e. The molecule has 3 rings (SSSR count). The number of piperidine rings is 1. The molecule has 2 aliphatic rings. The van der Waals surface area contributed by atoms with Crippen molar-refractivity contribution in [3.05, 3.63) is 28.2 Å². The maximum Gasteiger partial charge on any atom is 0.133 e. The summed E-state index contributed by atoms with van der Waals surface area (Å²) < 4.78 is 6.27. The third-order valence-electron chi connectivity index (χ3n) is 3.97. The summed E-state index contributed by atoms with van der Waals surface area (Å²) in [6.45, 7) is 2.18. The van der Waals surface area contributed by atoms with Crippen LogP contribution in [0.15, 0.2) is 27.8 Å². The van der Waals surface area contributed by atoms with E-state index in [-0.39, 0.29) is 6.04 Å². The predicted molar refractivity (Wildman–Crippen MR) is 79.6 cm³/mol. The molecule has 0 amide bonds. The third kappa shape index (κ3) is 2.37. The Bertz CT molecular complexity index is 517. The summed E-state index contributed by atoms with van der Waals surface area (Å²) in [5.74, 6) is 1.35. The molecule has 0 spiro atoms. The van der Waals surface area contributed by atoms with Gasteiger partial charge in [0.25, 0.3) is 0 Å². The highest BCUT2D eigenvalue weighted by atomic mass is 79.9. The van der Waals surface area contributed by atoms with E-state index in [2.05, 4.69) is 50.5 Å². The average molecular weight is 324 g/mol. The number of ether oxygens (including phenoxy) is 1. The Morgan fingerprint density at radius 2 is 2.32 bits per heavy atom. The molecule has 102 valence electrons. The Morgan fingerprint density at radius 3 is 3.05 bits per heavy atom. The Hall–Kier alpha value is -1.07. The summed E-state index contributed by atoms with van der Waals surface area (Å²) in [5, 5.41) is 4.52. The van der Waals surface area contributed by atoms with Crippen molar-refractivity contribution in [3.8, 4) is 5.75 Å². The van der Waals surface area contributed by atoms with Crippen molar-refractivity contribution in [2.24, 2.45) is 11.0 Å². The smallest absolute Gasteiger partial charge is 0.133 e. The fourth-order valence-electron chi connectivity index (χ4n) is 2.89. The van der Waals surface area contributed by atoms with Crippen molar-refractivity contribution < 1.29 is 4.74 Å². The van der Waals surface area contributed by atoms with Crippen LogP contribution in [0.5, 0.6) is 5.75 Å². The van der Waals surface area contributed by atoms with E-state index < -0.39 is 0 Å². The lowest BCUT2D eigenvalue weighted by Gasteiger charge is -2.31. The standard InChI is InChI=1S/C14H18BrN3O/c1-18-6-5-12-10(8-18)14(17-16-12)9-3-4-13(19-2)11(15)7-9/h3-4,7,10,14,17H,5-6,8H2,1-2H3. The molecule has 2 heterocycles. The molecule has 2 atom stereocenters. The Morgan fingerprint density at radius 1 is 1.47 bits per heavy atom. The summed E-state index contributed by atoms with van der Waals surface area (Å²) in [6, 6.07) is 6.53. The second-order valence-corrected chi connectivity index (χ2v) is 6.08. The molecule has 1 saturated heterocycles. The molecule has 1 aromatic carbocycles. The van der Waals surface area contributed by atoms with Crippen molar-refractivity contribution in [3.63, 3.8) is 0 Å². The van der Waals surface area contributed by atoms with Gasteiger partial charge in [-0.3, -0.25) is 0 Å². The van der Waals surface area contributed by atoms with Crippen molar-refractivity contribution in [1.82, 2.24) is 10.3 Å². The minimum Gasteiger partial charge on any atom is -0.496 e. The van der Waals surface area contributed by atoms with Crippen LogP contribution in [0.3, 0.4) is 0 Å². The Balaban J connectivity index is 1.85. The van der Waals surface area contributed by atoms with Gasteiger partial charge in [0.05, 0.1) is 17.6 Å². The highest BCUT2D eigenvalue weighted by molar-refractivity contribution is 9.10. The summed E-state index contributed by atoms with van der Waals surface area (Å²) in [4.78, 5) is 2.38. The molecular weight excluding hydrogens is 306 g/mol. The number of nitrogens with one attached hydrogen (secondary N) is 1. The quantitative estimate of drug-likeness (QED) is 0.908. The topological polar surface area (TPSA) is 36.9 Å². The molecule has 1 fully saturated rings. The number of hydrazone groups is 1. The molecule has 19 heavy (non-hydrogen) atoms. The van der Waals surface area contributed by atoms with Gasteiger partial charge in [-0.05, 0) is 40.7 Å². The van der Waals surface area contributed by atoms with Crippen LogP contribution in [0.25, 0.3) is 0 Å². The van der Waals surface area contributed by atoms with Gasteiger partial charge in [0.15, 0.2) is 0 Å². The van der Waals surface area contributed by atoms with E-state index in [0.717, 1.165) is 29.7 Å². The van der Waals surface area contributed by atoms with Gasteiger partial charge in [-0.25, -0.2) is 0 Å². The third-order valence-corrected chi connectivity index (χ3v) is 4.59. The molecule has 4 nitrogen and oxygen atoms in total. The zero-order valence-corrected chi connectivity index (χ0v) is 12.8. The number of methoxy groups -OCH3 is 1. The summed E-state index contributed by atoms with van der Waals surface area (Å²) in [6.07, 6.45) is 1.07.